The van der Waals surface area contributed by atoms with Gasteiger partial charge in [0.25, 0.3) is 0 Å². The van der Waals surface area contributed by atoms with Crippen molar-refractivity contribution in [2.45, 2.75) is 13.3 Å². The molecule has 0 unspecified atom stereocenters. The van der Waals surface area contributed by atoms with Crippen LogP contribution in [0.15, 0.2) is 49.4 Å². The fourth-order valence-electron chi connectivity index (χ4n) is 4.55. The summed E-state index contributed by atoms with van der Waals surface area (Å²) in [7, 11) is 5.68. The molecule has 4 aromatic rings. The van der Waals surface area contributed by atoms with Gasteiger partial charge in [-0.3, -0.25) is 14.3 Å². The minimum Gasteiger partial charge on any atom is -0.494 e. The maximum Gasteiger partial charge on any atom is 0.232 e. The van der Waals surface area contributed by atoms with Gasteiger partial charge in [0.2, 0.25) is 16.0 Å². The quantitative estimate of drug-likeness (QED) is 0.223. The zero-order valence-electron chi connectivity index (χ0n) is 25.7. The molecule has 0 saturated heterocycles. The molecule has 2 aromatic carbocycles. The van der Waals surface area contributed by atoms with E-state index in [0.29, 0.717) is 45.5 Å². The minimum atomic E-state index is -3.62. The van der Waals surface area contributed by atoms with E-state index in [4.69, 9.17) is 9.72 Å². The van der Waals surface area contributed by atoms with E-state index in [1.165, 1.54) is 17.5 Å². The molecule has 2 heterocycles. The van der Waals surface area contributed by atoms with E-state index in [1.54, 1.807) is 37.7 Å². The molecule has 2 aromatic heterocycles. The van der Waals surface area contributed by atoms with Gasteiger partial charge >= 0.3 is 0 Å². The standard InChI is InChI=1S/C30H39N9O3S/c1-9-20-17-24(26(42-7)18-25(20)38(5)16-15-37(3)4)35-30-33-19-21(10-2)29(36-30)34-23-12-11-22-27(32-14-13-31-22)28(23)39(6)43(8,40)41/h10-14,17-19H,2,9,15-16H2,1,3-8H3,(H2,33,34,35,36). The van der Waals surface area contributed by atoms with Crippen molar-refractivity contribution in [2.24, 2.45) is 0 Å². The number of methoxy groups -OCH3 is 1. The molecule has 0 atom stereocenters. The number of hydrogen-bond acceptors (Lipinski definition) is 11. The van der Waals surface area contributed by atoms with Crippen LogP contribution in [0.3, 0.4) is 0 Å². The number of aromatic nitrogens is 4. The van der Waals surface area contributed by atoms with Crippen LogP contribution >= 0.6 is 0 Å². The van der Waals surface area contributed by atoms with E-state index in [9.17, 15) is 8.42 Å². The van der Waals surface area contributed by atoms with E-state index in [1.807, 2.05) is 6.07 Å². The van der Waals surface area contributed by atoms with Gasteiger partial charge in [-0.1, -0.05) is 19.6 Å². The molecule has 0 aliphatic heterocycles. The molecule has 0 aliphatic rings. The lowest BCUT2D eigenvalue weighted by molar-refractivity contribution is 0.413. The molecule has 0 amide bonds. The average Bonchev–Trinajstić information content (AvgIpc) is 2.98. The van der Waals surface area contributed by atoms with Gasteiger partial charge in [0.05, 0.1) is 30.3 Å². The first-order valence-electron chi connectivity index (χ1n) is 13.7. The first-order valence-corrected chi connectivity index (χ1v) is 15.6. The Bertz CT molecular complexity index is 1730. The van der Waals surface area contributed by atoms with E-state index in [2.05, 4.69) is 76.1 Å². The largest absolute Gasteiger partial charge is 0.494 e. The summed E-state index contributed by atoms with van der Waals surface area (Å²) < 4.78 is 32.1. The first-order chi connectivity index (χ1) is 20.5. The second kappa shape index (κ2) is 13.2. The van der Waals surface area contributed by atoms with E-state index in [0.717, 1.165) is 42.7 Å². The number of sulfonamides is 1. The number of rotatable bonds is 13. The summed E-state index contributed by atoms with van der Waals surface area (Å²) in [6.07, 6.45) is 8.31. The molecule has 2 N–H and O–H groups in total. The van der Waals surface area contributed by atoms with Gasteiger partial charge in [-0.05, 0) is 44.3 Å². The van der Waals surface area contributed by atoms with E-state index in [-0.39, 0.29) is 0 Å². The fourth-order valence-corrected chi connectivity index (χ4v) is 5.06. The van der Waals surface area contributed by atoms with Crippen LogP contribution in [0.25, 0.3) is 17.1 Å². The third kappa shape index (κ3) is 7.12. The smallest absolute Gasteiger partial charge is 0.232 e. The summed E-state index contributed by atoms with van der Waals surface area (Å²) in [5, 5.41) is 6.59. The number of likely N-dealkylation sites (N-methyl/N-ethyl adjacent to an activating group) is 2. The molecular formula is C30H39N9O3S. The molecule has 0 fully saturated rings. The van der Waals surface area contributed by atoms with Crippen molar-refractivity contribution >= 4 is 61.6 Å². The highest BCUT2D eigenvalue weighted by atomic mass is 32.2. The zero-order chi connectivity index (χ0) is 31.3. The summed E-state index contributed by atoms with van der Waals surface area (Å²) in [4.78, 5) is 22.4. The Balaban J connectivity index is 1.73. The molecule has 0 bridgehead atoms. The summed E-state index contributed by atoms with van der Waals surface area (Å²) in [5.74, 6) is 1.40. The van der Waals surface area contributed by atoms with Gasteiger partial charge in [0.1, 0.15) is 22.8 Å². The Hall–Kier alpha value is -4.49. The number of ether oxygens (including phenoxy) is 1. The second-order valence-electron chi connectivity index (χ2n) is 10.3. The van der Waals surface area contributed by atoms with Gasteiger partial charge in [0, 0.05) is 63.1 Å². The van der Waals surface area contributed by atoms with Crippen molar-refractivity contribution in [2.75, 3.05) is 74.5 Å². The highest BCUT2D eigenvalue weighted by molar-refractivity contribution is 7.92. The van der Waals surface area contributed by atoms with Crippen LogP contribution in [0.2, 0.25) is 0 Å². The molecule has 0 aliphatic carbocycles. The summed E-state index contributed by atoms with van der Waals surface area (Å²) in [6.45, 7) is 7.81. The molecule has 228 valence electrons. The van der Waals surface area contributed by atoms with Crippen molar-refractivity contribution in [1.29, 1.82) is 0 Å². The van der Waals surface area contributed by atoms with Crippen molar-refractivity contribution in [1.82, 2.24) is 24.8 Å². The Morgan fingerprint density at radius 2 is 1.74 bits per heavy atom. The number of anilines is 6. The van der Waals surface area contributed by atoms with Crippen LogP contribution in [-0.2, 0) is 16.4 Å². The number of fused-ring (bicyclic) bond motifs is 1. The maximum absolute atomic E-state index is 12.6. The molecule has 0 radical (unpaired) electrons. The molecule has 43 heavy (non-hydrogen) atoms. The Morgan fingerprint density at radius 3 is 2.40 bits per heavy atom. The normalized spacial score (nSPS) is 11.4. The van der Waals surface area contributed by atoms with Crippen LogP contribution in [0.4, 0.5) is 34.5 Å². The molecule has 0 saturated carbocycles. The molecule has 0 spiro atoms. The third-order valence-electron chi connectivity index (χ3n) is 7.04. The first kappa shape index (κ1) is 31.4. The lowest BCUT2D eigenvalue weighted by Crippen LogP contribution is -2.29. The summed E-state index contributed by atoms with van der Waals surface area (Å²) in [5.41, 5.74) is 5.40. The van der Waals surface area contributed by atoms with Crippen molar-refractivity contribution < 1.29 is 13.2 Å². The minimum absolute atomic E-state index is 0.320. The molecule has 13 heteroatoms. The van der Waals surface area contributed by atoms with Gasteiger partial charge in [-0.15, -0.1) is 0 Å². The predicted octanol–water partition coefficient (Wildman–Crippen LogP) is 4.51. The van der Waals surface area contributed by atoms with Crippen LogP contribution in [0.1, 0.15) is 18.1 Å². The molecule has 12 nitrogen and oxygen atoms in total. The number of aryl methyl sites for hydroxylation is 1. The fraction of sp³-hybridized carbons (Fsp3) is 0.333. The SMILES string of the molecule is C=Cc1cnc(Nc2cc(CC)c(N(C)CCN(C)C)cc2OC)nc1Nc1ccc2nccnc2c1N(C)S(C)(=O)=O. The maximum atomic E-state index is 12.6. The third-order valence-corrected chi connectivity index (χ3v) is 8.22. The number of nitrogens with one attached hydrogen (secondary N) is 2. The van der Waals surface area contributed by atoms with Crippen molar-refractivity contribution in [3.05, 3.63) is 60.6 Å². The monoisotopic (exact) mass is 605 g/mol. The lowest BCUT2D eigenvalue weighted by Gasteiger charge is -2.25. The average molecular weight is 606 g/mol. The van der Waals surface area contributed by atoms with E-state index >= 15 is 0 Å². The Morgan fingerprint density at radius 1 is 1.00 bits per heavy atom. The van der Waals surface area contributed by atoms with Crippen molar-refractivity contribution in [3.8, 4) is 5.75 Å². The van der Waals surface area contributed by atoms with Crippen LogP contribution < -0.4 is 24.6 Å². The Labute approximate surface area is 253 Å². The summed E-state index contributed by atoms with van der Waals surface area (Å²) in [6, 6.07) is 7.60. The van der Waals surface area contributed by atoms with Gasteiger partial charge < -0.3 is 25.2 Å². The summed E-state index contributed by atoms with van der Waals surface area (Å²) >= 11 is 0. The lowest BCUT2D eigenvalue weighted by atomic mass is 10.1. The van der Waals surface area contributed by atoms with Gasteiger partial charge in [0.15, 0.2) is 0 Å². The highest BCUT2D eigenvalue weighted by Crippen LogP contribution is 2.37. The highest BCUT2D eigenvalue weighted by Gasteiger charge is 2.22. The van der Waals surface area contributed by atoms with Crippen LogP contribution in [0.5, 0.6) is 5.75 Å². The number of benzene rings is 2. The number of nitrogens with zero attached hydrogens (tertiary/aromatic N) is 7. The predicted molar refractivity (Wildman–Crippen MR) is 176 cm³/mol. The van der Waals surface area contributed by atoms with Gasteiger partial charge in [-0.2, -0.15) is 4.98 Å². The second-order valence-corrected chi connectivity index (χ2v) is 12.3. The molecular weight excluding hydrogens is 566 g/mol. The van der Waals surface area contributed by atoms with Crippen LogP contribution in [0, 0.1) is 0 Å². The van der Waals surface area contributed by atoms with Gasteiger partial charge in [-0.25, -0.2) is 13.4 Å². The zero-order valence-corrected chi connectivity index (χ0v) is 26.5. The number of hydrogen-bond donors (Lipinski definition) is 2. The molecule has 4 rings (SSSR count). The van der Waals surface area contributed by atoms with Crippen molar-refractivity contribution in [3.63, 3.8) is 0 Å². The Kier molecular flexibility index (Phi) is 9.66. The van der Waals surface area contributed by atoms with E-state index < -0.39 is 10.0 Å². The topological polar surface area (TPSA) is 129 Å². The van der Waals surface area contributed by atoms with Crippen LogP contribution in [-0.4, -0.2) is 87.9 Å².